The van der Waals surface area contributed by atoms with Crippen LogP contribution in [0.1, 0.15) is 43.4 Å². The number of para-hydroxylation sites is 2. The molecule has 1 fully saturated rings. The molecule has 1 aliphatic rings. The van der Waals surface area contributed by atoms with Gasteiger partial charge < -0.3 is 19.5 Å². The molecule has 1 saturated heterocycles. The molecule has 1 N–H and O–H groups in total. The molecule has 0 saturated carbocycles. The number of benzene rings is 1. The highest BCUT2D eigenvalue weighted by atomic mass is 16.5. The first kappa shape index (κ1) is 16.3. The second-order valence-electron chi connectivity index (χ2n) is 5.86. The highest BCUT2D eigenvalue weighted by Crippen LogP contribution is 2.30. The number of aryl methyl sites for hydroxylation is 1. The minimum atomic E-state index is -0.172. The fourth-order valence-corrected chi connectivity index (χ4v) is 3.01. The number of rotatable bonds is 3. The standard InChI is InChI=1S/C17H22N4O3/c1-12-18-16(20-24-12)14-9-4-3-7-11-21(14)17(22)19-13-8-5-6-10-15(13)23-2/h5-6,8,10,14H,3-4,7,9,11H2,1-2H3,(H,19,22). The van der Waals surface area contributed by atoms with E-state index in [-0.39, 0.29) is 12.1 Å². The second-order valence-corrected chi connectivity index (χ2v) is 5.86. The molecule has 0 spiro atoms. The zero-order chi connectivity index (χ0) is 16.9. The second kappa shape index (κ2) is 7.33. The Bertz CT molecular complexity index is 701. The van der Waals surface area contributed by atoms with E-state index in [0.29, 0.717) is 29.7 Å². The smallest absolute Gasteiger partial charge is 0.322 e. The van der Waals surface area contributed by atoms with Gasteiger partial charge in [-0.1, -0.05) is 30.1 Å². The molecule has 3 rings (SSSR count). The number of aromatic nitrogens is 2. The Morgan fingerprint density at radius 1 is 1.33 bits per heavy atom. The van der Waals surface area contributed by atoms with Crippen LogP contribution in [0.4, 0.5) is 10.5 Å². The Hall–Kier alpha value is -2.57. The van der Waals surface area contributed by atoms with Gasteiger partial charge in [0.25, 0.3) is 0 Å². The van der Waals surface area contributed by atoms with Gasteiger partial charge in [-0.15, -0.1) is 0 Å². The first-order valence-corrected chi connectivity index (χ1v) is 8.20. The van der Waals surface area contributed by atoms with Gasteiger partial charge in [-0.3, -0.25) is 0 Å². The molecule has 7 heteroatoms. The molecule has 7 nitrogen and oxygen atoms in total. The summed E-state index contributed by atoms with van der Waals surface area (Å²) >= 11 is 0. The van der Waals surface area contributed by atoms with E-state index in [1.165, 1.54) is 0 Å². The van der Waals surface area contributed by atoms with Gasteiger partial charge in [-0.05, 0) is 25.0 Å². The van der Waals surface area contributed by atoms with Crippen molar-refractivity contribution in [2.75, 3.05) is 19.0 Å². The molecule has 1 atom stereocenters. The van der Waals surface area contributed by atoms with Gasteiger partial charge in [-0.2, -0.15) is 4.98 Å². The van der Waals surface area contributed by atoms with Crippen molar-refractivity contribution in [1.82, 2.24) is 15.0 Å². The number of nitrogens with zero attached hydrogens (tertiary/aromatic N) is 3. The van der Waals surface area contributed by atoms with Crippen molar-refractivity contribution in [3.63, 3.8) is 0 Å². The van der Waals surface area contributed by atoms with Gasteiger partial charge in [-0.25, -0.2) is 4.79 Å². The van der Waals surface area contributed by atoms with E-state index in [1.54, 1.807) is 18.9 Å². The monoisotopic (exact) mass is 330 g/mol. The van der Waals surface area contributed by atoms with E-state index < -0.39 is 0 Å². The average molecular weight is 330 g/mol. The van der Waals surface area contributed by atoms with Gasteiger partial charge >= 0.3 is 6.03 Å². The third-order valence-corrected chi connectivity index (χ3v) is 4.20. The Morgan fingerprint density at radius 2 is 2.17 bits per heavy atom. The summed E-state index contributed by atoms with van der Waals surface area (Å²) in [5.74, 6) is 1.72. The van der Waals surface area contributed by atoms with Crippen molar-refractivity contribution in [3.8, 4) is 5.75 Å². The summed E-state index contributed by atoms with van der Waals surface area (Å²) in [5, 5.41) is 6.96. The van der Waals surface area contributed by atoms with Gasteiger partial charge in [0.15, 0.2) is 5.82 Å². The normalized spacial score (nSPS) is 18.1. The fraction of sp³-hybridized carbons (Fsp3) is 0.471. The molecule has 0 radical (unpaired) electrons. The van der Waals surface area contributed by atoms with E-state index in [0.717, 1.165) is 25.7 Å². The summed E-state index contributed by atoms with van der Waals surface area (Å²) in [6.45, 7) is 2.42. The molecule has 1 aromatic carbocycles. The van der Waals surface area contributed by atoms with Crippen LogP contribution in [0.15, 0.2) is 28.8 Å². The molecule has 0 bridgehead atoms. The minimum absolute atomic E-state index is 0.167. The molecule has 128 valence electrons. The van der Waals surface area contributed by atoms with Crippen molar-refractivity contribution in [2.45, 2.75) is 38.6 Å². The number of likely N-dealkylation sites (tertiary alicyclic amines) is 1. The Morgan fingerprint density at radius 3 is 2.92 bits per heavy atom. The predicted octanol–water partition coefficient (Wildman–Crippen LogP) is 3.54. The van der Waals surface area contributed by atoms with E-state index in [9.17, 15) is 4.79 Å². The summed E-state index contributed by atoms with van der Waals surface area (Å²) in [5.41, 5.74) is 0.650. The van der Waals surface area contributed by atoms with Gasteiger partial charge in [0.2, 0.25) is 5.89 Å². The fourth-order valence-electron chi connectivity index (χ4n) is 3.01. The lowest BCUT2D eigenvalue weighted by Crippen LogP contribution is -2.38. The van der Waals surface area contributed by atoms with Crippen LogP contribution in [-0.2, 0) is 0 Å². The lowest BCUT2D eigenvalue weighted by molar-refractivity contribution is 0.184. The number of methoxy groups -OCH3 is 1. The largest absolute Gasteiger partial charge is 0.495 e. The van der Waals surface area contributed by atoms with Crippen molar-refractivity contribution < 1.29 is 14.1 Å². The van der Waals surface area contributed by atoms with Gasteiger partial charge in [0.05, 0.1) is 18.8 Å². The molecule has 1 aliphatic heterocycles. The maximum absolute atomic E-state index is 12.9. The van der Waals surface area contributed by atoms with E-state index in [4.69, 9.17) is 9.26 Å². The van der Waals surface area contributed by atoms with Crippen molar-refractivity contribution in [2.24, 2.45) is 0 Å². The minimum Gasteiger partial charge on any atom is -0.495 e. The molecule has 2 heterocycles. The zero-order valence-corrected chi connectivity index (χ0v) is 14.0. The topological polar surface area (TPSA) is 80.5 Å². The lowest BCUT2D eigenvalue weighted by atomic mass is 10.1. The lowest BCUT2D eigenvalue weighted by Gasteiger charge is -2.28. The molecule has 2 aromatic rings. The zero-order valence-electron chi connectivity index (χ0n) is 14.0. The number of carbonyl (C=O) groups is 1. The summed E-state index contributed by atoms with van der Waals surface area (Å²) in [4.78, 5) is 19.0. The van der Waals surface area contributed by atoms with Crippen LogP contribution < -0.4 is 10.1 Å². The molecular weight excluding hydrogens is 308 g/mol. The maximum Gasteiger partial charge on any atom is 0.322 e. The molecular formula is C17H22N4O3. The van der Waals surface area contributed by atoms with Crippen molar-refractivity contribution >= 4 is 11.7 Å². The molecule has 1 unspecified atom stereocenters. The summed E-state index contributed by atoms with van der Waals surface area (Å²) in [7, 11) is 1.59. The quantitative estimate of drug-likeness (QED) is 0.931. The molecule has 0 aliphatic carbocycles. The van der Waals surface area contributed by atoms with Crippen molar-refractivity contribution in [3.05, 3.63) is 36.0 Å². The Labute approximate surface area is 141 Å². The summed E-state index contributed by atoms with van der Waals surface area (Å²) < 4.78 is 10.4. The summed E-state index contributed by atoms with van der Waals surface area (Å²) in [6, 6.07) is 7.03. The van der Waals surface area contributed by atoms with Crippen LogP contribution in [-0.4, -0.2) is 34.7 Å². The van der Waals surface area contributed by atoms with Crippen LogP contribution >= 0.6 is 0 Å². The molecule has 24 heavy (non-hydrogen) atoms. The van der Waals surface area contributed by atoms with E-state index in [2.05, 4.69) is 15.5 Å². The Kier molecular flexibility index (Phi) is 4.98. The highest BCUT2D eigenvalue weighted by Gasteiger charge is 2.30. The van der Waals surface area contributed by atoms with E-state index in [1.807, 2.05) is 24.3 Å². The number of urea groups is 1. The molecule has 2 amide bonds. The number of ether oxygens (including phenoxy) is 1. The Balaban J connectivity index is 1.82. The van der Waals surface area contributed by atoms with Crippen LogP contribution in [0.3, 0.4) is 0 Å². The maximum atomic E-state index is 12.9. The number of nitrogens with one attached hydrogen (secondary N) is 1. The third-order valence-electron chi connectivity index (χ3n) is 4.20. The van der Waals surface area contributed by atoms with Gasteiger partial charge in [0.1, 0.15) is 5.75 Å². The number of carbonyl (C=O) groups excluding carboxylic acids is 1. The van der Waals surface area contributed by atoms with Gasteiger partial charge in [0, 0.05) is 13.5 Å². The first-order chi connectivity index (χ1) is 11.7. The SMILES string of the molecule is COc1ccccc1NC(=O)N1CCCCCC1c1noc(C)n1. The highest BCUT2D eigenvalue weighted by molar-refractivity contribution is 5.91. The van der Waals surface area contributed by atoms with E-state index >= 15 is 0 Å². The van der Waals surface area contributed by atoms with Crippen LogP contribution in [0, 0.1) is 6.92 Å². The molecule has 1 aromatic heterocycles. The summed E-state index contributed by atoms with van der Waals surface area (Å²) in [6.07, 6.45) is 3.92. The number of hydrogen-bond donors (Lipinski definition) is 1. The number of anilines is 1. The first-order valence-electron chi connectivity index (χ1n) is 8.20. The predicted molar refractivity (Wildman–Crippen MR) is 89.0 cm³/mol. The van der Waals surface area contributed by atoms with Crippen molar-refractivity contribution in [1.29, 1.82) is 0 Å². The average Bonchev–Trinajstić information content (AvgIpc) is 2.87. The third kappa shape index (κ3) is 3.50. The van der Waals surface area contributed by atoms with Crippen LogP contribution in [0.5, 0.6) is 5.75 Å². The van der Waals surface area contributed by atoms with Crippen LogP contribution in [0.25, 0.3) is 0 Å². The number of amides is 2. The van der Waals surface area contributed by atoms with Crippen LogP contribution in [0.2, 0.25) is 0 Å². The number of hydrogen-bond acceptors (Lipinski definition) is 5.